The number of pyridine rings is 1. The molecule has 0 bridgehead atoms. The van der Waals surface area contributed by atoms with Crippen LogP contribution in [-0.2, 0) is 0 Å². The van der Waals surface area contributed by atoms with E-state index in [1.807, 2.05) is 69.3 Å². The molecule has 148 valence electrons. The molecule has 0 saturated carbocycles. The number of carbonyl (C=O) groups excluding carboxylic acids is 1. The fraction of sp³-hybridized carbons (Fsp3) is 0.160. The lowest BCUT2D eigenvalue weighted by molar-refractivity contribution is 0.0970. The summed E-state index contributed by atoms with van der Waals surface area (Å²) in [5.41, 5.74) is 4.49. The van der Waals surface area contributed by atoms with E-state index in [1.54, 1.807) is 17.2 Å². The fourth-order valence-corrected chi connectivity index (χ4v) is 4.04. The number of anilines is 1. The van der Waals surface area contributed by atoms with Gasteiger partial charge in [-0.05, 0) is 56.2 Å². The van der Waals surface area contributed by atoms with Crippen molar-refractivity contribution in [1.82, 2.24) is 4.98 Å². The summed E-state index contributed by atoms with van der Waals surface area (Å²) in [7, 11) is 0. The fourth-order valence-electron chi connectivity index (χ4n) is 4.04. The van der Waals surface area contributed by atoms with Gasteiger partial charge in [0, 0.05) is 6.20 Å². The Hall–Kier alpha value is -3.73. The average Bonchev–Trinajstić information content (AvgIpc) is 3.02. The summed E-state index contributed by atoms with van der Waals surface area (Å²) >= 11 is 0. The van der Waals surface area contributed by atoms with E-state index in [1.165, 1.54) is 0 Å². The first-order valence-corrected chi connectivity index (χ1v) is 9.84. The summed E-state index contributed by atoms with van der Waals surface area (Å²) in [6.07, 6.45) is 1.67. The first kappa shape index (κ1) is 18.3. The van der Waals surface area contributed by atoms with Gasteiger partial charge in [-0.15, -0.1) is 0 Å². The Morgan fingerprint density at radius 1 is 0.867 bits per heavy atom. The molecule has 0 fully saturated rings. The minimum absolute atomic E-state index is 0.0882. The van der Waals surface area contributed by atoms with Gasteiger partial charge in [-0.2, -0.15) is 0 Å². The van der Waals surface area contributed by atoms with Crippen LogP contribution in [0.5, 0.6) is 0 Å². The van der Waals surface area contributed by atoms with Gasteiger partial charge in [0.2, 0.25) is 5.76 Å². The molecule has 0 N–H and O–H groups in total. The number of hydrogen-bond acceptors (Lipinski definition) is 4. The van der Waals surface area contributed by atoms with Crippen LogP contribution in [0.3, 0.4) is 0 Å². The molecule has 1 unspecified atom stereocenters. The largest absolute Gasteiger partial charge is 0.450 e. The van der Waals surface area contributed by atoms with Crippen molar-refractivity contribution in [3.8, 4) is 0 Å². The molecule has 4 aromatic rings. The van der Waals surface area contributed by atoms with Gasteiger partial charge >= 0.3 is 0 Å². The second kappa shape index (κ2) is 6.66. The van der Waals surface area contributed by atoms with Crippen molar-refractivity contribution in [2.24, 2.45) is 0 Å². The van der Waals surface area contributed by atoms with Crippen molar-refractivity contribution in [1.29, 1.82) is 0 Å². The summed E-state index contributed by atoms with van der Waals surface area (Å²) in [5, 5.41) is 0.484. The van der Waals surface area contributed by atoms with E-state index in [9.17, 15) is 9.59 Å². The highest BCUT2D eigenvalue weighted by atomic mass is 16.3. The quantitative estimate of drug-likeness (QED) is 0.485. The Labute approximate surface area is 173 Å². The molecule has 2 aromatic heterocycles. The Kier molecular flexibility index (Phi) is 4.07. The summed E-state index contributed by atoms with van der Waals surface area (Å²) in [5.74, 6) is 0.232. The van der Waals surface area contributed by atoms with Gasteiger partial charge < -0.3 is 4.42 Å². The molecule has 0 radical (unpaired) electrons. The highest BCUT2D eigenvalue weighted by Crippen LogP contribution is 2.40. The lowest BCUT2D eigenvalue weighted by atomic mass is 9.97. The number of amides is 1. The summed E-state index contributed by atoms with van der Waals surface area (Å²) in [6, 6.07) is 16.4. The number of aromatic nitrogens is 1. The molecule has 1 atom stereocenters. The summed E-state index contributed by atoms with van der Waals surface area (Å²) in [4.78, 5) is 33.0. The van der Waals surface area contributed by atoms with Gasteiger partial charge in [-0.25, -0.2) is 4.98 Å². The van der Waals surface area contributed by atoms with E-state index < -0.39 is 6.04 Å². The van der Waals surface area contributed by atoms with Gasteiger partial charge in [0.25, 0.3) is 5.91 Å². The van der Waals surface area contributed by atoms with Crippen LogP contribution in [0.2, 0.25) is 0 Å². The van der Waals surface area contributed by atoms with E-state index in [2.05, 4.69) is 4.98 Å². The molecule has 5 heteroatoms. The first-order valence-electron chi connectivity index (χ1n) is 9.84. The zero-order valence-corrected chi connectivity index (χ0v) is 17.0. The molecule has 1 aliphatic rings. The van der Waals surface area contributed by atoms with Crippen LogP contribution in [0.1, 0.15) is 44.4 Å². The van der Waals surface area contributed by atoms with E-state index in [0.717, 1.165) is 22.3 Å². The average molecular weight is 396 g/mol. The first-order chi connectivity index (χ1) is 14.4. The maximum Gasteiger partial charge on any atom is 0.296 e. The van der Waals surface area contributed by atoms with Crippen LogP contribution in [0.25, 0.3) is 11.0 Å². The number of fused-ring (bicyclic) bond motifs is 2. The van der Waals surface area contributed by atoms with Gasteiger partial charge in [-0.3, -0.25) is 14.5 Å². The molecule has 1 aliphatic heterocycles. The van der Waals surface area contributed by atoms with Gasteiger partial charge in [0.1, 0.15) is 11.4 Å². The molecular weight excluding hydrogens is 376 g/mol. The number of benzene rings is 2. The molecule has 0 spiro atoms. The van der Waals surface area contributed by atoms with Crippen LogP contribution in [0, 0.1) is 20.8 Å². The maximum atomic E-state index is 13.6. The summed E-state index contributed by atoms with van der Waals surface area (Å²) in [6.45, 7) is 5.87. The number of hydrogen-bond donors (Lipinski definition) is 0. The Bertz CT molecular complexity index is 1370. The third kappa shape index (κ3) is 2.74. The SMILES string of the molecule is Cc1ccc(C2c3c(oc4ccc(C)cc4c3=O)C(=O)N2c2cc(C)ccn2)cc1. The molecule has 3 heterocycles. The molecular formula is C25H20N2O3. The van der Waals surface area contributed by atoms with E-state index in [-0.39, 0.29) is 17.1 Å². The zero-order chi connectivity index (χ0) is 21.0. The second-order valence-electron chi connectivity index (χ2n) is 7.85. The van der Waals surface area contributed by atoms with Crippen molar-refractivity contribution in [2.45, 2.75) is 26.8 Å². The number of nitrogens with zero attached hydrogens (tertiary/aromatic N) is 2. The molecule has 5 rings (SSSR count). The monoisotopic (exact) mass is 396 g/mol. The van der Waals surface area contributed by atoms with Crippen LogP contribution < -0.4 is 10.3 Å². The minimum Gasteiger partial charge on any atom is -0.450 e. The molecule has 0 aliphatic carbocycles. The lowest BCUT2D eigenvalue weighted by Gasteiger charge is -2.24. The predicted octanol–water partition coefficient (Wildman–Crippen LogP) is 4.86. The van der Waals surface area contributed by atoms with Crippen LogP contribution in [0.15, 0.2) is 70.0 Å². The summed E-state index contributed by atoms with van der Waals surface area (Å²) < 4.78 is 5.99. The van der Waals surface area contributed by atoms with Crippen molar-refractivity contribution in [3.63, 3.8) is 0 Å². The minimum atomic E-state index is -0.594. The Morgan fingerprint density at radius 3 is 2.30 bits per heavy atom. The smallest absolute Gasteiger partial charge is 0.296 e. The van der Waals surface area contributed by atoms with Crippen LogP contribution >= 0.6 is 0 Å². The van der Waals surface area contributed by atoms with Crippen molar-refractivity contribution < 1.29 is 9.21 Å². The standard InChI is InChI=1S/C25H20N2O3/c1-14-4-7-17(8-5-14)22-21-23(28)18-12-15(2)6-9-19(18)30-24(21)25(29)27(22)20-13-16(3)10-11-26-20/h4-13,22H,1-3H3. The third-order valence-electron chi connectivity index (χ3n) is 5.57. The Balaban J connectivity index is 1.83. The lowest BCUT2D eigenvalue weighted by Crippen LogP contribution is -2.30. The molecule has 30 heavy (non-hydrogen) atoms. The molecule has 2 aromatic carbocycles. The van der Waals surface area contributed by atoms with Crippen molar-refractivity contribution in [3.05, 3.63) is 105 Å². The van der Waals surface area contributed by atoms with Crippen LogP contribution in [0.4, 0.5) is 5.82 Å². The van der Waals surface area contributed by atoms with Gasteiger partial charge in [0.15, 0.2) is 5.43 Å². The van der Waals surface area contributed by atoms with Crippen molar-refractivity contribution >= 4 is 22.7 Å². The van der Waals surface area contributed by atoms with E-state index in [4.69, 9.17) is 4.42 Å². The number of rotatable bonds is 2. The predicted molar refractivity (Wildman–Crippen MR) is 116 cm³/mol. The topological polar surface area (TPSA) is 63.4 Å². The number of carbonyl (C=O) groups is 1. The molecule has 0 saturated heterocycles. The van der Waals surface area contributed by atoms with Crippen LogP contribution in [-0.4, -0.2) is 10.9 Å². The highest BCUT2D eigenvalue weighted by molar-refractivity contribution is 6.10. The highest BCUT2D eigenvalue weighted by Gasteiger charge is 2.44. The number of aryl methyl sites for hydroxylation is 3. The van der Waals surface area contributed by atoms with E-state index >= 15 is 0 Å². The third-order valence-corrected chi connectivity index (χ3v) is 5.57. The van der Waals surface area contributed by atoms with E-state index in [0.29, 0.717) is 22.4 Å². The second-order valence-corrected chi connectivity index (χ2v) is 7.85. The van der Waals surface area contributed by atoms with Gasteiger partial charge in [-0.1, -0.05) is 41.5 Å². The molecule has 5 nitrogen and oxygen atoms in total. The Morgan fingerprint density at radius 2 is 1.57 bits per heavy atom. The van der Waals surface area contributed by atoms with Crippen molar-refractivity contribution in [2.75, 3.05) is 4.90 Å². The zero-order valence-electron chi connectivity index (χ0n) is 17.0. The molecule has 1 amide bonds. The normalized spacial score (nSPS) is 15.6. The van der Waals surface area contributed by atoms with Gasteiger partial charge in [0.05, 0.1) is 17.0 Å². The maximum absolute atomic E-state index is 13.6.